The van der Waals surface area contributed by atoms with Crippen LogP contribution >= 0.6 is 22.6 Å². The Morgan fingerprint density at radius 1 is 0.419 bits per heavy atom. The summed E-state index contributed by atoms with van der Waals surface area (Å²) in [6.45, 7) is 15.8. The molecular weight excluding hydrogens is 679 g/mol. The number of carbonyl (C=O) groups excluding carboxylic acids is 1. The van der Waals surface area contributed by atoms with Crippen LogP contribution in [0.15, 0.2) is 12.2 Å². The molecule has 0 amide bonds. The Morgan fingerprint density at radius 2 is 0.674 bits per heavy atom. The summed E-state index contributed by atoms with van der Waals surface area (Å²) in [4.78, 5) is 11.2. The fourth-order valence-electron chi connectivity index (χ4n) is 3.05. The average molecular weight is 737 g/mol. The van der Waals surface area contributed by atoms with E-state index in [2.05, 4.69) is 29.2 Å². The Kier molecular flexibility index (Phi) is 37.3. The molecule has 0 atom stereocenters. The van der Waals surface area contributed by atoms with E-state index < -0.39 is 5.97 Å². The van der Waals surface area contributed by atoms with Crippen molar-refractivity contribution in [1.82, 2.24) is 0 Å². The van der Waals surface area contributed by atoms with Gasteiger partial charge in [-0.3, -0.25) is 0 Å². The molecule has 0 N–H and O–H groups in total. The van der Waals surface area contributed by atoms with E-state index in [1.807, 2.05) is 0 Å². The fourth-order valence-corrected chi connectivity index (χ4v) is 3.59. The van der Waals surface area contributed by atoms with Crippen molar-refractivity contribution in [3.63, 3.8) is 0 Å². The van der Waals surface area contributed by atoms with Gasteiger partial charge in [-0.05, 0) is 24.2 Å². The number of hydrogen-bond acceptors (Lipinski definition) is 12. The second-order valence-electron chi connectivity index (χ2n) is 9.14. The van der Waals surface area contributed by atoms with E-state index in [-0.39, 0.29) is 6.61 Å². The quantitative estimate of drug-likeness (QED) is 0.0307. The van der Waals surface area contributed by atoms with Crippen molar-refractivity contribution in [3.05, 3.63) is 12.2 Å². The van der Waals surface area contributed by atoms with Crippen LogP contribution in [0.2, 0.25) is 0 Å². The van der Waals surface area contributed by atoms with Gasteiger partial charge in [0.05, 0.1) is 126 Å². The molecule has 0 saturated carbocycles. The lowest BCUT2D eigenvalue weighted by Gasteiger charge is -2.09. The number of unbranched alkanes of at least 4 members (excludes halogenated alkanes) is 3. The van der Waals surface area contributed by atoms with Crippen molar-refractivity contribution in [2.75, 3.05) is 143 Å². The lowest BCUT2D eigenvalue weighted by Crippen LogP contribution is -2.15. The van der Waals surface area contributed by atoms with Crippen molar-refractivity contribution >= 4 is 28.6 Å². The summed E-state index contributed by atoms with van der Waals surface area (Å²) < 4.78 is 60.7. The Bertz CT molecular complexity index is 585. The number of carbonyl (C=O) groups is 1. The van der Waals surface area contributed by atoms with Gasteiger partial charge in [0.2, 0.25) is 0 Å². The average Bonchev–Trinajstić information content (AvgIpc) is 3.00. The third-order valence-corrected chi connectivity index (χ3v) is 6.09. The minimum Gasteiger partial charge on any atom is -0.460 e. The molecule has 13 heteroatoms. The molecule has 0 heterocycles. The molecule has 43 heavy (non-hydrogen) atoms. The van der Waals surface area contributed by atoms with Gasteiger partial charge < -0.3 is 52.1 Å². The van der Waals surface area contributed by atoms with Crippen molar-refractivity contribution in [3.8, 4) is 0 Å². The second kappa shape index (κ2) is 37.7. The van der Waals surface area contributed by atoms with Crippen LogP contribution in [0, 0.1) is 0 Å². The van der Waals surface area contributed by atoms with Gasteiger partial charge in [-0.2, -0.15) is 0 Å². The molecule has 12 nitrogen and oxygen atoms in total. The normalized spacial score (nSPS) is 11.3. The highest BCUT2D eigenvalue weighted by molar-refractivity contribution is 14.1. The van der Waals surface area contributed by atoms with Gasteiger partial charge in [0.15, 0.2) is 0 Å². The SMILES string of the molecule is C=C(C)C(=O)OCCOCCOCCOCCOCCOCCOCCOCCOCCOCCOCCCCCCI. The zero-order valence-corrected chi connectivity index (χ0v) is 28.5. The van der Waals surface area contributed by atoms with Crippen molar-refractivity contribution in [2.45, 2.75) is 32.6 Å². The molecule has 0 aliphatic carbocycles. The predicted molar refractivity (Wildman–Crippen MR) is 171 cm³/mol. The molecule has 0 aliphatic heterocycles. The maximum absolute atomic E-state index is 11.2. The molecule has 0 unspecified atom stereocenters. The minimum atomic E-state index is -0.410. The maximum atomic E-state index is 11.2. The van der Waals surface area contributed by atoms with E-state index in [4.69, 9.17) is 52.1 Å². The molecule has 0 aromatic carbocycles. The van der Waals surface area contributed by atoms with Crippen LogP contribution in [0.1, 0.15) is 32.6 Å². The van der Waals surface area contributed by atoms with E-state index in [0.29, 0.717) is 131 Å². The summed E-state index contributed by atoms with van der Waals surface area (Å²) in [6, 6.07) is 0. The van der Waals surface area contributed by atoms with Crippen LogP contribution in [0.3, 0.4) is 0 Å². The number of rotatable bonds is 37. The van der Waals surface area contributed by atoms with Gasteiger partial charge in [-0.15, -0.1) is 0 Å². The van der Waals surface area contributed by atoms with Gasteiger partial charge in [-0.1, -0.05) is 42.0 Å². The molecule has 0 bridgehead atoms. The number of esters is 1. The second-order valence-corrected chi connectivity index (χ2v) is 10.2. The Balaban J connectivity index is 3.06. The van der Waals surface area contributed by atoms with Crippen molar-refractivity contribution in [2.24, 2.45) is 0 Å². The zero-order chi connectivity index (χ0) is 31.3. The standard InChI is InChI=1S/C30H57IO12/c1-29(2)30(32)43-28-27-42-26-25-41-24-23-40-22-21-39-20-19-38-18-17-37-16-15-36-14-13-35-12-11-34-10-9-33-8-6-4-3-5-7-31/h1,3-28H2,2H3. The smallest absolute Gasteiger partial charge is 0.333 e. The van der Waals surface area contributed by atoms with E-state index >= 15 is 0 Å². The summed E-state index contributed by atoms with van der Waals surface area (Å²) in [5, 5.41) is 0. The van der Waals surface area contributed by atoms with Gasteiger partial charge in [-0.25, -0.2) is 4.79 Å². The monoisotopic (exact) mass is 736 g/mol. The first-order chi connectivity index (χ1) is 21.2. The minimum absolute atomic E-state index is 0.202. The summed E-state index contributed by atoms with van der Waals surface area (Å²) >= 11 is 2.42. The number of ether oxygens (including phenoxy) is 11. The topological polar surface area (TPSA) is 119 Å². The summed E-state index contributed by atoms with van der Waals surface area (Å²) in [5.74, 6) is -0.410. The van der Waals surface area contributed by atoms with E-state index in [1.54, 1.807) is 6.92 Å². The summed E-state index contributed by atoms with van der Waals surface area (Å²) in [5.41, 5.74) is 0.372. The van der Waals surface area contributed by atoms with Crippen molar-refractivity contribution < 1.29 is 56.9 Å². The largest absolute Gasteiger partial charge is 0.460 e. The lowest BCUT2D eigenvalue weighted by atomic mass is 10.2. The van der Waals surface area contributed by atoms with Gasteiger partial charge >= 0.3 is 5.97 Å². The highest BCUT2D eigenvalue weighted by Gasteiger charge is 2.02. The lowest BCUT2D eigenvalue weighted by molar-refractivity contribution is -0.140. The van der Waals surface area contributed by atoms with Crippen LogP contribution in [0.25, 0.3) is 0 Å². The molecule has 0 fully saturated rings. The Hall–Kier alpha value is -0.460. The van der Waals surface area contributed by atoms with E-state index in [9.17, 15) is 4.79 Å². The number of halogens is 1. The highest BCUT2D eigenvalue weighted by Crippen LogP contribution is 2.02. The fraction of sp³-hybridized carbons (Fsp3) is 0.900. The van der Waals surface area contributed by atoms with Crippen molar-refractivity contribution in [1.29, 1.82) is 0 Å². The first-order valence-electron chi connectivity index (χ1n) is 15.3. The van der Waals surface area contributed by atoms with Crippen LogP contribution in [0.5, 0.6) is 0 Å². The van der Waals surface area contributed by atoms with Crippen LogP contribution in [0.4, 0.5) is 0 Å². The molecule has 0 spiro atoms. The van der Waals surface area contributed by atoms with E-state index in [1.165, 1.54) is 23.7 Å². The van der Waals surface area contributed by atoms with E-state index in [0.717, 1.165) is 13.0 Å². The van der Waals surface area contributed by atoms with Crippen LogP contribution in [-0.4, -0.2) is 149 Å². The molecule has 0 aromatic rings. The number of hydrogen-bond donors (Lipinski definition) is 0. The Morgan fingerprint density at radius 3 is 0.953 bits per heavy atom. The highest BCUT2D eigenvalue weighted by atomic mass is 127. The van der Waals surface area contributed by atoms with Gasteiger partial charge in [0.1, 0.15) is 6.61 Å². The molecule has 0 aliphatic rings. The first kappa shape index (κ1) is 42.5. The third kappa shape index (κ3) is 37.6. The first-order valence-corrected chi connectivity index (χ1v) is 16.9. The molecular formula is C30H57IO12. The number of alkyl halides is 1. The van der Waals surface area contributed by atoms with Gasteiger partial charge in [0.25, 0.3) is 0 Å². The molecule has 256 valence electrons. The Labute approximate surface area is 272 Å². The zero-order valence-electron chi connectivity index (χ0n) is 26.4. The molecule has 0 rings (SSSR count). The maximum Gasteiger partial charge on any atom is 0.333 e. The molecule has 0 saturated heterocycles. The van der Waals surface area contributed by atoms with Crippen LogP contribution in [-0.2, 0) is 56.9 Å². The summed E-state index contributed by atoms with van der Waals surface area (Å²) in [7, 11) is 0. The third-order valence-electron chi connectivity index (χ3n) is 5.33. The predicted octanol–water partition coefficient (Wildman–Crippen LogP) is 3.27. The molecule has 0 radical (unpaired) electrons. The van der Waals surface area contributed by atoms with Gasteiger partial charge in [0, 0.05) is 12.2 Å². The summed E-state index contributed by atoms with van der Waals surface area (Å²) in [6.07, 6.45) is 4.97. The molecule has 0 aromatic heterocycles. The van der Waals surface area contributed by atoms with Crippen LogP contribution < -0.4 is 0 Å².